The van der Waals surface area contributed by atoms with Gasteiger partial charge in [-0.05, 0) is 13.0 Å². The Balaban J connectivity index is 2.04. The van der Waals surface area contributed by atoms with Gasteiger partial charge in [-0.2, -0.15) is 4.98 Å². The minimum atomic E-state index is -0.0739. The van der Waals surface area contributed by atoms with E-state index < -0.39 is 0 Å². The summed E-state index contributed by atoms with van der Waals surface area (Å²) in [7, 11) is 1.59. The van der Waals surface area contributed by atoms with E-state index in [1.165, 1.54) is 0 Å². The molecule has 1 atom stereocenters. The van der Waals surface area contributed by atoms with Gasteiger partial charge < -0.3 is 14.6 Å². The SMILES string of the molecule is COc1ccc(NC(C)c2nc(C(C)C)no2)cn1. The molecule has 2 aromatic heterocycles. The van der Waals surface area contributed by atoms with Crippen LogP contribution in [0.25, 0.3) is 0 Å². The highest BCUT2D eigenvalue weighted by atomic mass is 16.5. The maximum atomic E-state index is 5.24. The van der Waals surface area contributed by atoms with E-state index in [1.807, 2.05) is 26.8 Å². The second-order valence-electron chi connectivity index (χ2n) is 4.60. The smallest absolute Gasteiger partial charge is 0.248 e. The minimum absolute atomic E-state index is 0.0739. The monoisotopic (exact) mass is 262 g/mol. The molecule has 0 aliphatic carbocycles. The summed E-state index contributed by atoms with van der Waals surface area (Å²) in [6, 6.07) is 3.61. The maximum Gasteiger partial charge on any atom is 0.248 e. The summed E-state index contributed by atoms with van der Waals surface area (Å²) in [6.45, 7) is 6.02. The lowest BCUT2D eigenvalue weighted by Crippen LogP contribution is -2.07. The van der Waals surface area contributed by atoms with Gasteiger partial charge >= 0.3 is 0 Å². The number of rotatable bonds is 5. The summed E-state index contributed by atoms with van der Waals surface area (Å²) < 4.78 is 10.2. The molecule has 0 spiro atoms. The third-order valence-electron chi connectivity index (χ3n) is 2.67. The molecule has 0 aromatic carbocycles. The Bertz CT molecular complexity index is 522. The fraction of sp³-hybridized carbons (Fsp3) is 0.462. The van der Waals surface area contributed by atoms with Gasteiger partial charge in [0.05, 0.1) is 19.0 Å². The fourth-order valence-corrected chi connectivity index (χ4v) is 1.56. The molecule has 2 rings (SSSR count). The van der Waals surface area contributed by atoms with Gasteiger partial charge in [-0.25, -0.2) is 4.98 Å². The van der Waals surface area contributed by atoms with Crippen molar-refractivity contribution in [1.82, 2.24) is 15.1 Å². The molecule has 102 valence electrons. The van der Waals surface area contributed by atoms with Crippen LogP contribution >= 0.6 is 0 Å². The molecule has 6 heteroatoms. The zero-order valence-corrected chi connectivity index (χ0v) is 11.5. The molecule has 2 heterocycles. The van der Waals surface area contributed by atoms with Crippen molar-refractivity contribution in [1.29, 1.82) is 0 Å². The van der Waals surface area contributed by atoms with Crippen molar-refractivity contribution < 1.29 is 9.26 Å². The third kappa shape index (κ3) is 3.21. The lowest BCUT2D eigenvalue weighted by Gasteiger charge is -2.10. The number of nitrogens with zero attached hydrogens (tertiary/aromatic N) is 3. The number of anilines is 1. The molecule has 0 aliphatic heterocycles. The molecule has 0 bridgehead atoms. The van der Waals surface area contributed by atoms with Gasteiger partial charge in [0.25, 0.3) is 0 Å². The number of pyridine rings is 1. The standard InChI is InChI=1S/C13H18N4O2/c1-8(2)12-16-13(19-17-12)9(3)15-10-5-6-11(18-4)14-7-10/h5-9,15H,1-4H3. The van der Waals surface area contributed by atoms with Crippen LogP contribution in [-0.4, -0.2) is 22.2 Å². The summed E-state index contributed by atoms with van der Waals surface area (Å²) in [4.78, 5) is 8.48. The van der Waals surface area contributed by atoms with Crippen LogP contribution in [0.2, 0.25) is 0 Å². The van der Waals surface area contributed by atoms with E-state index in [2.05, 4.69) is 20.4 Å². The quantitative estimate of drug-likeness (QED) is 0.893. The number of hydrogen-bond acceptors (Lipinski definition) is 6. The van der Waals surface area contributed by atoms with Gasteiger partial charge in [-0.15, -0.1) is 0 Å². The third-order valence-corrected chi connectivity index (χ3v) is 2.67. The van der Waals surface area contributed by atoms with Gasteiger partial charge in [-0.3, -0.25) is 0 Å². The van der Waals surface area contributed by atoms with Crippen LogP contribution < -0.4 is 10.1 Å². The molecule has 0 fully saturated rings. The summed E-state index contributed by atoms with van der Waals surface area (Å²) >= 11 is 0. The number of nitrogens with one attached hydrogen (secondary N) is 1. The van der Waals surface area contributed by atoms with E-state index in [0.717, 1.165) is 11.5 Å². The van der Waals surface area contributed by atoms with Gasteiger partial charge in [0, 0.05) is 12.0 Å². The largest absolute Gasteiger partial charge is 0.481 e. The highest BCUT2D eigenvalue weighted by Crippen LogP contribution is 2.20. The van der Waals surface area contributed by atoms with Gasteiger partial charge in [0.1, 0.15) is 6.04 Å². The second kappa shape index (κ2) is 5.69. The molecular weight excluding hydrogens is 244 g/mol. The average molecular weight is 262 g/mol. The summed E-state index contributed by atoms with van der Waals surface area (Å²) in [5.41, 5.74) is 0.873. The van der Waals surface area contributed by atoms with Gasteiger partial charge in [0.2, 0.25) is 11.8 Å². The van der Waals surface area contributed by atoms with Crippen LogP contribution in [0.5, 0.6) is 5.88 Å². The predicted octanol–water partition coefficient (Wildman–Crippen LogP) is 2.77. The van der Waals surface area contributed by atoms with E-state index in [0.29, 0.717) is 11.8 Å². The van der Waals surface area contributed by atoms with Gasteiger partial charge in [0.15, 0.2) is 5.82 Å². The molecule has 1 unspecified atom stereocenters. The Hall–Kier alpha value is -2.11. The lowest BCUT2D eigenvalue weighted by molar-refractivity contribution is 0.361. The molecule has 0 saturated heterocycles. The van der Waals surface area contributed by atoms with Crippen molar-refractivity contribution in [2.75, 3.05) is 12.4 Å². The minimum Gasteiger partial charge on any atom is -0.481 e. The summed E-state index contributed by atoms with van der Waals surface area (Å²) in [6.07, 6.45) is 1.70. The van der Waals surface area contributed by atoms with E-state index in [-0.39, 0.29) is 12.0 Å². The molecule has 0 aliphatic rings. The zero-order valence-electron chi connectivity index (χ0n) is 11.5. The zero-order chi connectivity index (χ0) is 13.8. The Labute approximate surface area is 112 Å². The molecule has 6 nitrogen and oxygen atoms in total. The Morgan fingerprint density at radius 1 is 1.26 bits per heavy atom. The number of aromatic nitrogens is 3. The number of hydrogen-bond donors (Lipinski definition) is 1. The molecule has 0 radical (unpaired) electrons. The first-order valence-electron chi connectivity index (χ1n) is 6.20. The van der Waals surface area contributed by atoms with Crippen LogP contribution in [0.15, 0.2) is 22.9 Å². The van der Waals surface area contributed by atoms with E-state index in [4.69, 9.17) is 9.26 Å². The lowest BCUT2D eigenvalue weighted by atomic mass is 10.2. The Morgan fingerprint density at radius 2 is 2.05 bits per heavy atom. The van der Waals surface area contributed by atoms with Crippen molar-refractivity contribution in [2.24, 2.45) is 0 Å². The first-order chi connectivity index (χ1) is 9.10. The van der Waals surface area contributed by atoms with Crippen molar-refractivity contribution >= 4 is 5.69 Å². The van der Waals surface area contributed by atoms with E-state index in [9.17, 15) is 0 Å². The molecular formula is C13H18N4O2. The highest BCUT2D eigenvalue weighted by Gasteiger charge is 2.15. The predicted molar refractivity (Wildman–Crippen MR) is 71.2 cm³/mol. The Kier molecular flexibility index (Phi) is 3.99. The molecule has 0 saturated carbocycles. The first-order valence-corrected chi connectivity index (χ1v) is 6.20. The van der Waals surface area contributed by atoms with Crippen LogP contribution in [0.3, 0.4) is 0 Å². The average Bonchev–Trinajstić information content (AvgIpc) is 2.89. The van der Waals surface area contributed by atoms with Crippen molar-refractivity contribution in [3.8, 4) is 5.88 Å². The van der Waals surface area contributed by atoms with Crippen molar-refractivity contribution in [3.05, 3.63) is 30.0 Å². The topological polar surface area (TPSA) is 73.1 Å². The van der Waals surface area contributed by atoms with Crippen LogP contribution in [-0.2, 0) is 0 Å². The molecule has 1 N–H and O–H groups in total. The first kappa shape index (κ1) is 13.3. The van der Waals surface area contributed by atoms with Crippen LogP contribution in [0, 0.1) is 0 Å². The van der Waals surface area contributed by atoms with E-state index >= 15 is 0 Å². The van der Waals surface area contributed by atoms with Gasteiger partial charge in [-0.1, -0.05) is 19.0 Å². The molecule has 2 aromatic rings. The fourth-order valence-electron chi connectivity index (χ4n) is 1.56. The Morgan fingerprint density at radius 3 is 2.58 bits per heavy atom. The molecule has 19 heavy (non-hydrogen) atoms. The van der Waals surface area contributed by atoms with Crippen LogP contribution in [0.1, 0.15) is 44.4 Å². The number of ether oxygens (including phenoxy) is 1. The maximum absolute atomic E-state index is 5.24. The van der Waals surface area contributed by atoms with E-state index in [1.54, 1.807) is 19.4 Å². The van der Waals surface area contributed by atoms with Crippen molar-refractivity contribution in [2.45, 2.75) is 32.7 Å². The number of methoxy groups -OCH3 is 1. The molecule has 0 amide bonds. The highest BCUT2D eigenvalue weighted by molar-refractivity contribution is 5.43. The van der Waals surface area contributed by atoms with Crippen LogP contribution in [0.4, 0.5) is 5.69 Å². The second-order valence-corrected chi connectivity index (χ2v) is 4.60. The summed E-state index contributed by atoms with van der Waals surface area (Å²) in [5.74, 6) is 2.13. The normalized spacial score (nSPS) is 12.5. The summed E-state index contributed by atoms with van der Waals surface area (Å²) in [5, 5.41) is 7.19. The van der Waals surface area contributed by atoms with Crippen molar-refractivity contribution in [3.63, 3.8) is 0 Å².